The van der Waals surface area contributed by atoms with Crippen molar-refractivity contribution in [1.29, 1.82) is 0 Å². The maximum atomic E-state index is 6.08. The number of benzene rings is 1. The Morgan fingerprint density at radius 2 is 2.26 bits per heavy atom. The summed E-state index contributed by atoms with van der Waals surface area (Å²) in [6, 6.07) is 10.6. The third-order valence-electron chi connectivity index (χ3n) is 3.59. The monoisotopic (exact) mass is 276 g/mol. The summed E-state index contributed by atoms with van der Waals surface area (Å²) in [5.74, 6) is 1.51. The predicted molar refractivity (Wildman–Crippen MR) is 78.9 cm³/mol. The molecule has 0 spiro atoms. The maximum Gasteiger partial charge on any atom is 0.129 e. The molecular weight excluding hydrogens is 260 g/mol. The standard InChI is InChI=1S/C15H17ClN2O/c1-11-10-19-7-6-18(11)15-8-12(9-16)13-4-2-3-5-14(13)17-15/h2-5,8,11H,6-7,9-10H2,1H3. The molecule has 0 saturated carbocycles. The van der Waals surface area contributed by atoms with Gasteiger partial charge in [-0.2, -0.15) is 0 Å². The molecule has 1 saturated heterocycles. The third kappa shape index (κ3) is 2.40. The van der Waals surface area contributed by atoms with Gasteiger partial charge >= 0.3 is 0 Å². The number of nitrogens with zero attached hydrogens (tertiary/aromatic N) is 2. The maximum absolute atomic E-state index is 6.08. The number of morpholine rings is 1. The first-order chi connectivity index (χ1) is 9.29. The minimum absolute atomic E-state index is 0.352. The van der Waals surface area contributed by atoms with Gasteiger partial charge in [0.1, 0.15) is 5.82 Å². The summed E-state index contributed by atoms with van der Waals surface area (Å²) < 4.78 is 5.48. The van der Waals surface area contributed by atoms with Gasteiger partial charge in [0, 0.05) is 17.8 Å². The molecule has 0 N–H and O–H groups in total. The van der Waals surface area contributed by atoms with Crippen LogP contribution >= 0.6 is 11.6 Å². The van der Waals surface area contributed by atoms with Crippen LogP contribution in [0.3, 0.4) is 0 Å². The normalized spacial score (nSPS) is 19.9. The summed E-state index contributed by atoms with van der Waals surface area (Å²) in [5.41, 5.74) is 2.15. The molecule has 3 nitrogen and oxygen atoms in total. The number of fused-ring (bicyclic) bond motifs is 1. The molecule has 1 unspecified atom stereocenters. The molecular formula is C15H17ClN2O. The first-order valence-corrected chi connectivity index (χ1v) is 7.12. The Labute approximate surface area is 118 Å². The summed E-state index contributed by atoms with van der Waals surface area (Å²) in [6.45, 7) is 4.56. The van der Waals surface area contributed by atoms with Gasteiger partial charge in [0.25, 0.3) is 0 Å². The minimum atomic E-state index is 0.352. The van der Waals surface area contributed by atoms with Gasteiger partial charge in [0.15, 0.2) is 0 Å². The SMILES string of the molecule is CC1COCCN1c1cc(CCl)c2ccccc2n1. The Bertz CT molecular complexity index is 587. The fourth-order valence-electron chi connectivity index (χ4n) is 2.56. The number of aromatic nitrogens is 1. The molecule has 2 heterocycles. The number of anilines is 1. The second-order valence-corrected chi connectivity index (χ2v) is 5.17. The van der Waals surface area contributed by atoms with Crippen LogP contribution in [0, 0.1) is 0 Å². The molecule has 0 aliphatic carbocycles. The molecule has 1 aromatic carbocycles. The van der Waals surface area contributed by atoms with Crippen LogP contribution in [0.4, 0.5) is 5.82 Å². The number of hydrogen-bond donors (Lipinski definition) is 0. The molecule has 1 aliphatic rings. The van der Waals surface area contributed by atoms with Crippen LogP contribution in [0.2, 0.25) is 0 Å². The van der Waals surface area contributed by atoms with Gasteiger partial charge in [-0.3, -0.25) is 0 Å². The summed E-state index contributed by atoms with van der Waals surface area (Å²) >= 11 is 6.08. The molecule has 0 bridgehead atoms. The van der Waals surface area contributed by atoms with Gasteiger partial charge in [-0.05, 0) is 24.6 Å². The molecule has 100 valence electrons. The van der Waals surface area contributed by atoms with E-state index < -0.39 is 0 Å². The van der Waals surface area contributed by atoms with Gasteiger partial charge in [-0.1, -0.05) is 18.2 Å². The summed E-state index contributed by atoms with van der Waals surface area (Å²) in [6.07, 6.45) is 0. The number of hydrogen-bond acceptors (Lipinski definition) is 3. The van der Waals surface area contributed by atoms with Gasteiger partial charge in [0.2, 0.25) is 0 Å². The number of halogens is 1. The molecule has 3 rings (SSSR count). The van der Waals surface area contributed by atoms with Crippen molar-refractivity contribution in [3.63, 3.8) is 0 Å². The van der Waals surface area contributed by atoms with Gasteiger partial charge in [0.05, 0.1) is 24.8 Å². The van der Waals surface area contributed by atoms with Crippen LogP contribution in [0.5, 0.6) is 0 Å². The van der Waals surface area contributed by atoms with Crippen molar-refractivity contribution in [2.45, 2.75) is 18.8 Å². The molecule has 0 radical (unpaired) electrons. The predicted octanol–water partition coefficient (Wildman–Crippen LogP) is 3.20. The lowest BCUT2D eigenvalue weighted by Gasteiger charge is -2.34. The minimum Gasteiger partial charge on any atom is -0.377 e. The van der Waals surface area contributed by atoms with Crippen molar-refractivity contribution < 1.29 is 4.74 Å². The zero-order valence-electron chi connectivity index (χ0n) is 11.0. The van der Waals surface area contributed by atoms with E-state index in [0.29, 0.717) is 11.9 Å². The Kier molecular flexibility index (Phi) is 3.58. The van der Waals surface area contributed by atoms with E-state index in [1.54, 1.807) is 0 Å². The van der Waals surface area contributed by atoms with Crippen molar-refractivity contribution in [2.75, 3.05) is 24.7 Å². The number of alkyl halides is 1. The Morgan fingerprint density at radius 3 is 3.05 bits per heavy atom. The quantitative estimate of drug-likeness (QED) is 0.788. The van der Waals surface area contributed by atoms with Crippen molar-refractivity contribution in [3.05, 3.63) is 35.9 Å². The summed E-state index contributed by atoms with van der Waals surface area (Å²) in [4.78, 5) is 7.07. The average Bonchev–Trinajstić information content (AvgIpc) is 2.46. The number of pyridine rings is 1. The van der Waals surface area contributed by atoms with E-state index in [-0.39, 0.29) is 0 Å². The molecule has 1 atom stereocenters. The second kappa shape index (κ2) is 5.35. The highest BCUT2D eigenvalue weighted by Crippen LogP contribution is 2.26. The van der Waals surface area contributed by atoms with Gasteiger partial charge in [-0.25, -0.2) is 4.98 Å². The smallest absolute Gasteiger partial charge is 0.129 e. The van der Waals surface area contributed by atoms with E-state index in [2.05, 4.69) is 24.0 Å². The van der Waals surface area contributed by atoms with Crippen LogP contribution in [0.15, 0.2) is 30.3 Å². The van der Waals surface area contributed by atoms with Gasteiger partial charge in [-0.15, -0.1) is 11.6 Å². The zero-order valence-corrected chi connectivity index (χ0v) is 11.7. The number of ether oxygens (including phenoxy) is 1. The zero-order chi connectivity index (χ0) is 13.2. The van der Waals surface area contributed by atoms with E-state index in [9.17, 15) is 0 Å². The molecule has 4 heteroatoms. The largest absolute Gasteiger partial charge is 0.377 e. The van der Waals surface area contributed by atoms with Crippen molar-refractivity contribution >= 4 is 28.3 Å². The highest BCUT2D eigenvalue weighted by molar-refractivity contribution is 6.18. The lowest BCUT2D eigenvalue weighted by atomic mass is 10.1. The molecule has 2 aromatic rings. The average molecular weight is 277 g/mol. The van der Waals surface area contributed by atoms with Gasteiger partial charge < -0.3 is 9.64 Å². The lowest BCUT2D eigenvalue weighted by molar-refractivity contribution is 0.0985. The molecule has 0 amide bonds. The summed E-state index contributed by atoms with van der Waals surface area (Å²) in [7, 11) is 0. The van der Waals surface area contributed by atoms with E-state index in [4.69, 9.17) is 21.3 Å². The van der Waals surface area contributed by atoms with Crippen molar-refractivity contribution in [2.24, 2.45) is 0 Å². The van der Waals surface area contributed by atoms with E-state index in [1.165, 1.54) is 0 Å². The number of para-hydroxylation sites is 1. The lowest BCUT2D eigenvalue weighted by Crippen LogP contribution is -2.44. The van der Waals surface area contributed by atoms with Crippen LogP contribution in [0.25, 0.3) is 10.9 Å². The topological polar surface area (TPSA) is 25.4 Å². The highest BCUT2D eigenvalue weighted by atomic mass is 35.5. The second-order valence-electron chi connectivity index (χ2n) is 4.91. The fourth-order valence-corrected chi connectivity index (χ4v) is 2.78. The van der Waals surface area contributed by atoms with E-state index in [0.717, 1.165) is 42.0 Å². The number of rotatable bonds is 2. The van der Waals surface area contributed by atoms with Crippen LogP contribution in [-0.2, 0) is 10.6 Å². The van der Waals surface area contributed by atoms with Crippen LogP contribution < -0.4 is 4.90 Å². The molecule has 1 fully saturated rings. The molecule has 1 aromatic heterocycles. The fraction of sp³-hybridized carbons (Fsp3) is 0.400. The Hall–Kier alpha value is -1.32. The van der Waals surface area contributed by atoms with E-state index in [1.807, 2.05) is 18.2 Å². The molecule has 19 heavy (non-hydrogen) atoms. The van der Waals surface area contributed by atoms with Crippen LogP contribution in [0.1, 0.15) is 12.5 Å². The highest BCUT2D eigenvalue weighted by Gasteiger charge is 2.21. The first-order valence-electron chi connectivity index (χ1n) is 6.58. The van der Waals surface area contributed by atoms with Crippen LogP contribution in [-0.4, -0.2) is 30.8 Å². The molecule has 1 aliphatic heterocycles. The Balaban J connectivity index is 2.08. The third-order valence-corrected chi connectivity index (χ3v) is 3.88. The first kappa shape index (κ1) is 12.7. The van der Waals surface area contributed by atoms with Crippen molar-refractivity contribution in [3.8, 4) is 0 Å². The van der Waals surface area contributed by atoms with Crippen molar-refractivity contribution in [1.82, 2.24) is 4.98 Å². The van der Waals surface area contributed by atoms with E-state index >= 15 is 0 Å². The summed E-state index contributed by atoms with van der Waals surface area (Å²) in [5, 5.41) is 1.14. The Morgan fingerprint density at radius 1 is 1.42 bits per heavy atom.